The van der Waals surface area contributed by atoms with Crippen molar-refractivity contribution in [3.8, 4) is 11.8 Å². The number of ether oxygens (including phenoxy) is 1. The van der Waals surface area contributed by atoms with Gasteiger partial charge in [-0.1, -0.05) is 43.2 Å². The van der Waals surface area contributed by atoms with Crippen LogP contribution in [0.1, 0.15) is 49.7 Å². The summed E-state index contributed by atoms with van der Waals surface area (Å²) >= 11 is 0. The SMILES string of the molecule is OCCC#Cc1cccc(COC2CCCCC2)c1. The first-order chi connectivity index (χ1) is 9.38. The Morgan fingerprint density at radius 3 is 2.84 bits per heavy atom. The zero-order chi connectivity index (χ0) is 13.3. The van der Waals surface area contributed by atoms with Crippen LogP contribution in [0.15, 0.2) is 24.3 Å². The molecule has 2 nitrogen and oxygen atoms in total. The molecule has 1 saturated carbocycles. The molecule has 0 aliphatic heterocycles. The Bertz CT molecular complexity index is 436. The molecule has 0 spiro atoms. The minimum absolute atomic E-state index is 0.123. The van der Waals surface area contributed by atoms with Crippen molar-refractivity contribution in [1.82, 2.24) is 0 Å². The Balaban J connectivity index is 1.86. The molecule has 1 aromatic carbocycles. The van der Waals surface area contributed by atoms with E-state index in [9.17, 15) is 0 Å². The minimum Gasteiger partial charge on any atom is -0.395 e. The predicted molar refractivity (Wildman–Crippen MR) is 76.7 cm³/mol. The van der Waals surface area contributed by atoms with Crippen molar-refractivity contribution in [2.24, 2.45) is 0 Å². The van der Waals surface area contributed by atoms with Crippen molar-refractivity contribution in [2.45, 2.75) is 51.2 Å². The molecule has 0 aromatic heterocycles. The highest BCUT2D eigenvalue weighted by Crippen LogP contribution is 2.21. The molecule has 0 heterocycles. The molecular weight excluding hydrogens is 236 g/mol. The Hall–Kier alpha value is -1.30. The van der Waals surface area contributed by atoms with Crippen LogP contribution >= 0.6 is 0 Å². The first-order valence-corrected chi connectivity index (χ1v) is 7.19. The second-order valence-corrected chi connectivity index (χ2v) is 5.05. The molecule has 2 rings (SSSR count). The number of aliphatic hydroxyl groups is 1. The van der Waals surface area contributed by atoms with Gasteiger partial charge in [0.25, 0.3) is 0 Å². The number of aliphatic hydroxyl groups excluding tert-OH is 1. The maximum Gasteiger partial charge on any atom is 0.0721 e. The molecule has 2 heteroatoms. The van der Waals surface area contributed by atoms with Gasteiger partial charge in [0, 0.05) is 12.0 Å². The molecule has 1 N–H and O–H groups in total. The van der Waals surface area contributed by atoms with Crippen molar-refractivity contribution in [3.05, 3.63) is 35.4 Å². The standard InChI is InChI=1S/C17H22O2/c18-12-5-4-7-15-8-6-9-16(13-15)14-19-17-10-2-1-3-11-17/h6,8-9,13,17-18H,1-3,5,10-12,14H2. The Kier molecular flexibility index (Phi) is 5.94. The molecule has 1 aliphatic rings. The van der Waals surface area contributed by atoms with E-state index < -0.39 is 0 Å². The van der Waals surface area contributed by atoms with Gasteiger partial charge in [-0.2, -0.15) is 0 Å². The Morgan fingerprint density at radius 2 is 2.05 bits per heavy atom. The summed E-state index contributed by atoms with van der Waals surface area (Å²) in [4.78, 5) is 0. The van der Waals surface area contributed by atoms with Crippen molar-refractivity contribution in [3.63, 3.8) is 0 Å². The van der Waals surface area contributed by atoms with Crippen LogP contribution < -0.4 is 0 Å². The lowest BCUT2D eigenvalue weighted by atomic mass is 9.98. The zero-order valence-corrected chi connectivity index (χ0v) is 11.4. The van der Waals surface area contributed by atoms with Gasteiger partial charge in [0.2, 0.25) is 0 Å². The molecule has 0 atom stereocenters. The van der Waals surface area contributed by atoms with Gasteiger partial charge in [-0.05, 0) is 30.5 Å². The normalized spacial score (nSPS) is 15.8. The van der Waals surface area contributed by atoms with E-state index in [-0.39, 0.29) is 6.61 Å². The average molecular weight is 258 g/mol. The fraction of sp³-hybridized carbons (Fsp3) is 0.529. The smallest absolute Gasteiger partial charge is 0.0721 e. The van der Waals surface area contributed by atoms with E-state index in [2.05, 4.69) is 24.0 Å². The first-order valence-electron chi connectivity index (χ1n) is 7.19. The highest BCUT2D eigenvalue weighted by atomic mass is 16.5. The molecule has 0 radical (unpaired) electrons. The lowest BCUT2D eigenvalue weighted by molar-refractivity contribution is 0.0168. The van der Waals surface area contributed by atoms with Crippen LogP contribution in [0.2, 0.25) is 0 Å². The largest absolute Gasteiger partial charge is 0.395 e. The highest BCUT2D eigenvalue weighted by molar-refractivity contribution is 5.36. The molecule has 102 valence electrons. The van der Waals surface area contributed by atoms with Gasteiger partial charge in [-0.15, -0.1) is 0 Å². The van der Waals surface area contributed by atoms with Crippen LogP contribution in [0.25, 0.3) is 0 Å². The predicted octanol–water partition coefficient (Wildman–Crippen LogP) is 3.27. The quantitative estimate of drug-likeness (QED) is 0.840. The van der Waals surface area contributed by atoms with E-state index in [1.54, 1.807) is 0 Å². The van der Waals surface area contributed by atoms with Crippen LogP contribution in [0.4, 0.5) is 0 Å². The third-order valence-electron chi connectivity index (χ3n) is 3.43. The number of hydrogen-bond donors (Lipinski definition) is 1. The van der Waals surface area contributed by atoms with Crippen LogP contribution in [-0.2, 0) is 11.3 Å². The molecule has 0 unspecified atom stereocenters. The van der Waals surface area contributed by atoms with Gasteiger partial charge < -0.3 is 9.84 Å². The fourth-order valence-corrected chi connectivity index (χ4v) is 2.41. The van der Waals surface area contributed by atoms with Crippen LogP contribution in [0, 0.1) is 11.8 Å². The maximum absolute atomic E-state index is 8.70. The summed E-state index contributed by atoms with van der Waals surface area (Å²) in [5, 5.41) is 8.70. The van der Waals surface area contributed by atoms with E-state index in [4.69, 9.17) is 9.84 Å². The molecule has 1 fully saturated rings. The average Bonchev–Trinajstić information content (AvgIpc) is 2.47. The fourth-order valence-electron chi connectivity index (χ4n) is 2.41. The van der Waals surface area contributed by atoms with E-state index >= 15 is 0 Å². The van der Waals surface area contributed by atoms with Crippen LogP contribution in [-0.4, -0.2) is 17.8 Å². The van der Waals surface area contributed by atoms with Crippen molar-refractivity contribution < 1.29 is 9.84 Å². The first kappa shape index (κ1) is 14.1. The summed E-state index contributed by atoms with van der Waals surface area (Å²) < 4.78 is 5.96. The number of benzene rings is 1. The molecule has 0 bridgehead atoms. The van der Waals surface area contributed by atoms with Crippen molar-refractivity contribution in [2.75, 3.05) is 6.61 Å². The van der Waals surface area contributed by atoms with E-state index in [0.717, 1.165) is 5.56 Å². The molecule has 0 amide bonds. The Morgan fingerprint density at radius 1 is 1.21 bits per heavy atom. The lowest BCUT2D eigenvalue weighted by Gasteiger charge is -2.22. The monoisotopic (exact) mass is 258 g/mol. The van der Waals surface area contributed by atoms with Crippen LogP contribution in [0.5, 0.6) is 0 Å². The summed E-state index contributed by atoms with van der Waals surface area (Å²) in [5.41, 5.74) is 2.18. The second-order valence-electron chi connectivity index (χ2n) is 5.05. The van der Waals surface area contributed by atoms with Gasteiger partial charge >= 0.3 is 0 Å². The molecule has 1 aromatic rings. The summed E-state index contributed by atoms with van der Waals surface area (Å²) in [5.74, 6) is 6.00. The van der Waals surface area contributed by atoms with Crippen molar-refractivity contribution >= 4 is 0 Å². The summed E-state index contributed by atoms with van der Waals surface area (Å²) in [6.07, 6.45) is 7.34. The van der Waals surface area contributed by atoms with Gasteiger partial charge in [0.05, 0.1) is 19.3 Å². The molecule has 0 saturated heterocycles. The summed E-state index contributed by atoms with van der Waals surface area (Å²) in [7, 11) is 0. The van der Waals surface area contributed by atoms with E-state index in [0.29, 0.717) is 19.1 Å². The lowest BCUT2D eigenvalue weighted by Crippen LogP contribution is -2.16. The second kappa shape index (κ2) is 7.99. The zero-order valence-electron chi connectivity index (χ0n) is 11.4. The van der Waals surface area contributed by atoms with Gasteiger partial charge in [0.1, 0.15) is 0 Å². The number of hydrogen-bond acceptors (Lipinski definition) is 2. The highest BCUT2D eigenvalue weighted by Gasteiger charge is 2.13. The molecular formula is C17H22O2. The van der Waals surface area contributed by atoms with Gasteiger partial charge in [-0.3, -0.25) is 0 Å². The third-order valence-corrected chi connectivity index (χ3v) is 3.43. The maximum atomic E-state index is 8.70. The third kappa shape index (κ3) is 5.06. The summed E-state index contributed by atoms with van der Waals surface area (Å²) in [6.45, 7) is 0.803. The molecule has 1 aliphatic carbocycles. The minimum atomic E-state index is 0.123. The van der Waals surface area contributed by atoms with E-state index in [1.165, 1.54) is 37.7 Å². The molecule has 19 heavy (non-hydrogen) atoms. The van der Waals surface area contributed by atoms with E-state index in [1.807, 2.05) is 12.1 Å². The summed E-state index contributed by atoms with van der Waals surface area (Å²) in [6, 6.07) is 8.17. The van der Waals surface area contributed by atoms with Gasteiger partial charge in [-0.25, -0.2) is 0 Å². The van der Waals surface area contributed by atoms with Crippen LogP contribution in [0.3, 0.4) is 0 Å². The topological polar surface area (TPSA) is 29.5 Å². The number of rotatable bonds is 4. The van der Waals surface area contributed by atoms with Gasteiger partial charge in [0.15, 0.2) is 0 Å². The Labute approximate surface area is 115 Å². The van der Waals surface area contributed by atoms with Crippen molar-refractivity contribution in [1.29, 1.82) is 0 Å².